The Morgan fingerprint density at radius 3 is 2.58 bits per heavy atom. The molecule has 0 aliphatic carbocycles. The molecule has 3 rings (SSSR count). The van der Waals surface area contributed by atoms with Crippen LogP contribution in [0, 0.1) is 0 Å². The Morgan fingerprint density at radius 2 is 1.96 bits per heavy atom. The number of ether oxygens (including phenoxy) is 1. The maximum Gasteiger partial charge on any atom is 0.128 e. The molecule has 130 valence electrons. The lowest BCUT2D eigenvalue weighted by Gasteiger charge is -2.27. The molecule has 0 spiro atoms. The molecular weight excluding hydrogens is 302 g/mol. The van der Waals surface area contributed by atoms with Crippen molar-refractivity contribution in [2.24, 2.45) is 7.05 Å². The summed E-state index contributed by atoms with van der Waals surface area (Å²) in [5, 5.41) is 8.12. The van der Waals surface area contributed by atoms with Crippen LogP contribution in [0.2, 0.25) is 0 Å². The minimum absolute atomic E-state index is 0.780. The van der Waals surface area contributed by atoms with Crippen molar-refractivity contribution in [3.8, 4) is 0 Å². The molecule has 0 amide bonds. The molecule has 6 nitrogen and oxygen atoms in total. The maximum atomic E-state index is 5.39. The number of rotatable bonds is 6. The minimum Gasteiger partial charge on any atom is -0.380 e. The van der Waals surface area contributed by atoms with Gasteiger partial charge >= 0.3 is 0 Å². The molecule has 0 radical (unpaired) electrons. The average molecular weight is 329 g/mol. The fraction of sp³-hybridized carbons (Fsp3) is 0.556. The summed E-state index contributed by atoms with van der Waals surface area (Å²) in [4.78, 5) is 6.85. The number of anilines is 2. The van der Waals surface area contributed by atoms with Crippen LogP contribution in [0.15, 0.2) is 18.3 Å². The third-order valence-corrected chi connectivity index (χ3v) is 4.58. The minimum atomic E-state index is 0.780. The summed E-state index contributed by atoms with van der Waals surface area (Å²) >= 11 is 0. The molecule has 3 heterocycles. The first kappa shape index (κ1) is 16.8. The first-order chi connectivity index (χ1) is 11.7. The number of pyridine rings is 1. The zero-order valence-corrected chi connectivity index (χ0v) is 14.9. The Hall–Kier alpha value is -2.08. The Balaban J connectivity index is 1.67. The van der Waals surface area contributed by atoms with Crippen LogP contribution in [-0.2, 0) is 31.2 Å². The van der Waals surface area contributed by atoms with Crippen molar-refractivity contribution in [2.75, 3.05) is 36.5 Å². The quantitative estimate of drug-likeness (QED) is 0.882. The highest BCUT2D eigenvalue weighted by molar-refractivity contribution is 5.49. The zero-order valence-electron chi connectivity index (χ0n) is 14.9. The van der Waals surface area contributed by atoms with Gasteiger partial charge in [0.15, 0.2) is 0 Å². The van der Waals surface area contributed by atoms with E-state index in [2.05, 4.69) is 46.3 Å². The predicted molar refractivity (Wildman–Crippen MR) is 96.6 cm³/mol. The van der Waals surface area contributed by atoms with Crippen LogP contribution in [0.4, 0.5) is 11.5 Å². The van der Waals surface area contributed by atoms with E-state index in [0.717, 1.165) is 57.2 Å². The molecule has 0 unspecified atom stereocenters. The Labute approximate surface area is 143 Å². The van der Waals surface area contributed by atoms with Crippen molar-refractivity contribution in [2.45, 2.75) is 33.2 Å². The third kappa shape index (κ3) is 3.53. The van der Waals surface area contributed by atoms with Crippen LogP contribution < -0.4 is 10.2 Å². The highest BCUT2D eigenvalue weighted by Crippen LogP contribution is 2.19. The van der Waals surface area contributed by atoms with E-state index < -0.39 is 0 Å². The van der Waals surface area contributed by atoms with Crippen LogP contribution in [0.5, 0.6) is 0 Å². The molecule has 2 aromatic heterocycles. The molecule has 1 saturated heterocycles. The lowest BCUT2D eigenvalue weighted by atomic mass is 10.1. The normalized spacial score (nSPS) is 14.9. The Kier molecular flexibility index (Phi) is 5.35. The first-order valence-electron chi connectivity index (χ1n) is 8.79. The van der Waals surface area contributed by atoms with Crippen molar-refractivity contribution < 1.29 is 4.74 Å². The standard InChI is InChI=1S/C18H27N5O/c1-4-16-15(17(5-2)22(3)21-16)13-19-14-6-7-18(20-12-14)23-8-10-24-11-9-23/h6-7,12,19H,4-5,8-11,13H2,1-3H3. The van der Waals surface area contributed by atoms with Gasteiger partial charge < -0.3 is 15.0 Å². The maximum absolute atomic E-state index is 5.39. The number of nitrogens with one attached hydrogen (secondary N) is 1. The van der Waals surface area contributed by atoms with Crippen molar-refractivity contribution in [1.29, 1.82) is 0 Å². The van der Waals surface area contributed by atoms with Gasteiger partial charge in [-0.05, 0) is 25.0 Å². The molecule has 24 heavy (non-hydrogen) atoms. The summed E-state index contributed by atoms with van der Waals surface area (Å²) in [5.74, 6) is 1.02. The molecule has 0 saturated carbocycles. The average Bonchev–Trinajstić information content (AvgIpc) is 2.95. The van der Waals surface area contributed by atoms with E-state index in [1.165, 1.54) is 17.0 Å². The second kappa shape index (κ2) is 7.66. The summed E-state index contributed by atoms with van der Waals surface area (Å²) in [7, 11) is 2.03. The molecule has 0 bridgehead atoms. The Bertz CT molecular complexity index is 659. The lowest BCUT2D eigenvalue weighted by molar-refractivity contribution is 0.122. The van der Waals surface area contributed by atoms with Gasteiger partial charge in [-0.2, -0.15) is 5.10 Å². The summed E-state index contributed by atoms with van der Waals surface area (Å²) in [6.07, 6.45) is 3.87. The summed E-state index contributed by atoms with van der Waals surface area (Å²) < 4.78 is 7.40. The summed E-state index contributed by atoms with van der Waals surface area (Å²) in [6.45, 7) is 8.51. The smallest absolute Gasteiger partial charge is 0.128 e. The zero-order chi connectivity index (χ0) is 16.9. The highest BCUT2D eigenvalue weighted by atomic mass is 16.5. The van der Waals surface area contributed by atoms with E-state index in [1.807, 2.05) is 17.9 Å². The van der Waals surface area contributed by atoms with Gasteiger partial charge in [-0.15, -0.1) is 0 Å². The van der Waals surface area contributed by atoms with Gasteiger partial charge in [0.2, 0.25) is 0 Å². The highest BCUT2D eigenvalue weighted by Gasteiger charge is 2.14. The van der Waals surface area contributed by atoms with Crippen LogP contribution in [0.1, 0.15) is 30.8 Å². The molecule has 6 heteroatoms. The van der Waals surface area contributed by atoms with Crippen molar-refractivity contribution in [3.63, 3.8) is 0 Å². The molecule has 1 aliphatic heterocycles. The topological polar surface area (TPSA) is 55.2 Å². The number of morpholine rings is 1. The summed E-state index contributed by atoms with van der Waals surface area (Å²) in [5.41, 5.74) is 4.84. The monoisotopic (exact) mass is 329 g/mol. The Morgan fingerprint density at radius 1 is 1.17 bits per heavy atom. The molecule has 1 N–H and O–H groups in total. The predicted octanol–water partition coefficient (Wildman–Crippen LogP) is 2.39. The molecule has 2 aromatic rings. The van der Waals surface area contributed by atoms with Crippen LogP contribution in [0.3, 0.4) is 0 Å². The van der Waals surface area contributed by atoms with Crippen molar-refractivity contribution >= 4 is 11.5 Å². The number of aromatic nitrogens is 3. The fourth-order valence-corrected chi connectivity index (χ4v) is 3.25. The van der Waals surface area contributed by atoms with E-state index in [0.29, 0.717) is 0 Å². The molecule has 0 aromatic carbocycles. The van der Waals surface area contributed by atoms with Crippen LogP contribution in [-0.4, -0.2) is 41.1 Å². The third-order valence-electron chi connectivity index (χ3n) is 4.58. The fourth-order valence-electron chi connectivity index (χ4n) is 3.25. The number of hydrogen-bond donors (Lipinski definition) is 1. The van der Waals surface area contributed by atoms with Gasteiger partial charge in [-0.3, -0.25) is 4.68 Å². The molecule has 1 fully saturated rings. The summed E-state index contributed by atoms with van der Waals surface area (Å²) in [6, 6.07) is 4.18. The van der Waals surface area contributed by atoms with E-state index in [-0.39, 0.29) is 0 Å². The van der Waals surface area contributed by atoms with Crippen molar-refractivity contribution in [1.82, 2.24) is 14.8 Å². The van der Waals surface area contributed by atoms with Gasteiger partial charge in [0.25, 0.3) is 0 Å². The second-order valence-corrected chi connectivity index (χ2v) is 6.06. The van der Waals surface area contributed by atoms with Gasteiger partial charge in [0.05, 0.1) is 30.8 Å². The van der Waals surface area contributed by atoms with Gasteiger partial charge in [-0.25, -0.2) is 4.98 Å². The SMILES string of the molecule is CCc1nn(C)c(CC)c1CNc1ccc(N2CCOCC2)nc1. The number of aryl methyl sites for hydroxylation is 2. The first-order valence-corrected chi connectivity index (χ1v) is 8.79. The van der Waals surface area contributed by atoms with E-state index in [9.17, 15) is 0 Å². The van der Waals surface area contributed by atoms with Crippen LogP contribution >= 0.6 is 0 Å². The van der Waals surface area contributed by atoms with Crippen molar-refractivity contribution in [3.05, 3.63) is 35.3 Å². The lowest BCUT2D eigenvalue weighted by Crippen LogP contribution is -2.36. The number of nitrogens with zero attached hydrogens (tertiary/aromatic N) is 4. The second-order valence-electron chi connectivity index (χ2n) is 6.06. The van der Waals surface area contributed by atoms with E-state index >= 15 is 0 Å². The molecule has 0 atom stereocenters. The largest absolute Gasteiger partial charge is 0.380 e. The van der Waals surface area contributed by atoms with E-state index in [1.54, 1.807) is 0 Å². The van der Waals surface area contributed by atoms with Gasteiger partial charge in [0.1, 0.15) is 5.82 Å². The van der Waals surface area contributed by atoms with Crippen LogP contribution in [0.25, 0.3) is 0 Å². The molecular formula is C18H27N5O. The van der Waals surface area contributed by atoms with E-state index in [4.69, 9.17) is 4.74 Å². The van der Waals surface area contributed by atoms with Gasteiger partial charge in [-0.1, -0.05) is 13.8 Å². The molecule has 1 aliphatic rings. The van der Waals surface area contributed by atoms with Gasteiger partial charge in [0, 0.05) is 37.9 Å². The number of hydrogen-bond acceptors (Lipinski definition) is 5.